The first-order chi connectivity index (χ1) is 13.5. The van der Waals surface area contributed by atoms with Crippen LogP contribution < -0.4 is 4.74 Å². The smallest absolute Gasteiger partial charge is 0.253 e. The molecule has 0 aliphatic carbocycles. The van der Waals surface area contributed by atoms with E-state index in [1.54, 1.807) is 43.3 Å². The number of ether oxygens (including phenoxy) is 1. The zero-order chi connectivity index (χ0) is 19.9. The SMILES string of the molecule is CC(=O)c1ccc(OCCCN2CCN(C(=O)c3ccc(Cl)cc3)CC2)cc1. The summed E-state index contributed by atoms with van der Waals surface area (Å²) in [7, 11) is 0. The highest BCUT2D eigenvalue weighted by atomic mass is 35.5. The Morgan fingerprint density at radius 1 is 0.929 bits per heavy atom. The molecule has 0 saturated carbocycles. The van der Waals surface area contributed by atoms with Gasteiger partial charge in [-0.05, 0) is 61.9 Å². The third kappa shape index (κ3) is 5.57. The zero-order valence-corrected chi connectivity index (χ0v) is 16.8. The molecule has 1 fully saturated rings. The highest BCUT2D eigenvalue weighted by Gasteiger charge is 2.21. The summed E-state index contributed by atoms with van der Waals surface area (Å²) in [6, 6.07) is 14.3. The molecule has 5 nitrogen and oxygen atoms in total. The van der Waals surface area contributed by atoms with Gasteiger partial charge in [-0.3, -0.25) is 14.5 Å². The number of ketones is 1. The molecule has 0 aromatic heterocycles. The van der Waals surface area contributed by atoms with Crippen LogP contribution in [0.3, 0.4) is 0 Å². The number of halogens is 1. The van der Waals surface area contributed by atoms with E-state index in [1.807, 2.05) is 17.0 Å². The third-order valence-electron chi connectivity index (χ3n) is 4.90. The topological polar surface area (TPSA) is 49.9 Å². The minimum absolute atomic E-state index is 0.0558. The number of nitrogens with zero attached hydrogens (tertiary/aromatic N) is 2. The van der Waals surface area contributed by atoms with Crippen LogP contribution in [0.5, 0.6) is 5.75 Å². The van der Waals surface area contributed by atoms with Gasteiger partial charge in [-0.2, -0.15) is 0 Å². The van der Waals surface area contributed by atoms with Gasteiger partial charge in [0.2, 0.25) is 0 Å². The second-order valence-corrected chi connectivity index (χ2v) is 7.36. The monoisotopic (exact) mass is 400 g/mol. The number of rotatable bonds is 7. The maximum absolute atomic E-state index is 12.5. The Bertz CT molecular complexity index is 798. The number of Topliss-reactive ketones (excluding diaryl/α,β-unsaturated/α-hetero) is 1. The third-order valence-corrected chi connectivity index (χ3v) is 5.15. The normalized spacial score (nSPS) is 14.7. The van der Waals surface area contributed by atoms with Crippen molar-refractivity contribution < 1.29 is 14.3 Å². The molecule has 0 N–H and O–H groups in total. The van der Waals surface area contributed by atoms with Crippen LogP contribution in [-0.4, -0.2) is 60.8 Å². The lowest BCUT2D eigenvalue weighted by molar-refractivity contribution is 0.0630. The summed E-state index contributed by atoms with van der Waals surface area (Å²) in [5.41, 5.74) is 1.38. The number of amides is 1. The molecule has 1 saturated heterocycles. The van der Waals surface area contributed by atoms with Crippen LogP contribution >= 0.6 is 11.6 Å². The number of hydrogen-bond acceptors (Lipinski definition) is 4. The standard InChI is InChI=1S/C22H25ClN2O3/c1-17(26)18-5-9-21(10-6-18)28-16-2-11-24-12-14-25(15-13-24)22(27)19-3-7-20(23)8-4-19/h3-10H,2,11-16H2,1H3. The van der Waals surface area contributed by atoms with E-state index in [9.17, 15) is 9.59 Å². The Labute approximate surface area is 170 Å². The van der Waals surface area contributed by atoms with Crippen LogP contribution in [0.25, 0.3) is 0 Å². The molecule has 0 spiro atoms. The van der Waals surface area contributed by atoms with Crippen LogP contribution in [-0.2, 0) is 0 Å². The second kappa shape index (κ2) is 9.71. The molecular formula is C22H25ClN2O3. The minimum Gasteiger partial charge on any atom is -0.494 e. The average Bonchev–Trinajstić information content (AvgIpc) is 2.72. The summed E-state index contributed by atoms with van der Waals surface area (Å²) in [5, 5.41) is 0.637. The van der Waals surface area contributed by atoms with Crippen molar-refractivity contribution in [3.63, 3.8) is 0 Å². The number of carbonyl (C=O) groups is 2. The Kier molecular flexibility index (Phi) is 7.06. The summed E-state index contributed by atoms with van der Waals surface area (Å²) in [6.07, 6.45) is 0.916. The molecule has 2 aromatic carbocycles. The number of hydrogen-bond donors (Lipinski definition) is 0. The molecule has 0 atom stereocenters. The van der Waals surface area contributed by atoms with Crippen molar-refractivity contribution in [2.75, 3.05) is 39.3 Å². The lowest BCUT2D eigenvalue weighted by Crippen LogP contribution is -2.49. The Balaban J connectivity index is 1.36. The number of piperazine rings is 1. The van der Waals surface area contributed by atoms with E-state index in [-0.39, 0.29) is 11.7 Å². The van der Waals surface area contributed by atoms with Crippen LogP contribution in [0.4, 0.5) is 0 Å². The van der Waals surface area contributed by atoms with Crippen molar-refractivity contribution >= 4 is 23.3 Å². The van der Waals surface area contributed by atoms with Crippen LogP contribution in [0.15, 0.2) is 48.5 Å². The van der Waals surface area contributed by atoms with Gasteiger partial charge in [0, 0.05) is 48.9 Å². The molecule has 0 unspecified atom stereocenters. The van der Waals surface area contributed by atoms with Crippen molar-refractivity contribution in [1.82, 2.24) is 9.80 Å². The predicted octanol–water partition coefficient (Wildman–Crippen LogP) is 3.77. The van der Waals surface area contributed by atoms with Gasteiger partial charge in [0.05, 0.1) is 6.61 Å². The molecule has 0 radical (unpaired) electrons. The summed E-state index contributed by atoms with van der Waals surface area (Å²) >= 11 is 5.88. The zero-order valence-electron chi connectivity index (χ0n) is 16.1. The lowest BCUT2D eigenvalue weighted by atomic mass is 10.1. The van der Waals surface area contributed by atoms with E-state index in [1.165, 1.54) is 0 Å². The molecular weight excluding hydrogens is 376 g/mol. The van der Waals surface area contributed by atoms with Gasteiger partial charge in [-0.1, -0.05) is 11.6 Å². The predicted molar refractivity (Wildman–Crippen MR) is 110 cm³/mol. The van der Waals surface area contributed by atoms with Crippen molar-refractivity contribution in [3.8, 4) is 5.75 Å². The van der Waals surface area contributed by atoms with E-state index in [0.717, 1.165) is 44.9 Å². The highest BCUT2D eigenvalue weighted by Crippen LogP contribution is 2.14. The van der Waals surface area contributed by atoms with E-state index < -0.39 is 0 Å². The second-order valence-electron chi connectivity index (χ2n) is 6.92. The molecule has 1 aliphatic heterocycles. The van der Waals surface area contributed by atoms with Gasteiger partial charge in [0.1, 0.15) is 5.75 Å². The molecule has 1 aliphatic rings. The molecule has 28 heavy (non-hydrogen) atoms. The fourth-order valence-corrected chi connectivity index (χ4v) is 3.34. The summed E-state index contributed by atoms with van der Waals surface area (Å²) in [4.78, 5) is 28.1. The van der Waals surface area contributed by atoms with E-state index >= 15 is 0 Å². The number of benzene rings is 2. The lowest BCUT2D eigenvalue weighted by Gasteiger charge is -2.34. The highest BCUT2D eigenvalue weighted by molar-refractivity contribution is 6.30. The van der Waals surface area contributed by atoms with Gasteiger partial charge >= 0.3 is 0 Å². The first-order valence-electron chi connectivity index (χ1n) is 9.54. The Morgan fingerprint density at radius 2 is 1.54 bits per heavy atom. The van der Waals surface area contributed by atoms with Crippen LogP contribution in [0.1, 0.15) is 34.1 Å². The summed E-state index contributed by atoms with van der Waals surface area (Å²) in [5.74, 6) is 0.900. The van der Waals surface area contributed by atoms with Gasteiger partial charge in [0.15, 0.2) is 5.78 Å². The fraction of sp³-hybridized carbons (Fsp3) is 0.364. The summed E-state index contributed by atoms with van der Waals surface area (Å²) in [6.45, 7) is 6.32. The van der Waals surface area contributed by atoms with Gasteiger partial charge in [-0.15, -0.1) is 0 Å². The fourth-order valence-electron chi connectivity index (χ4n) is 3.21. The maximum atomic E-state index is 12.5. The Morgan fingerprint density at radius 3 is 2.14 bits per heavy atom. The van der Waals surface area contributed by atoms with Gasteiger partial charge in [-0.25, -0.2) is 0 Å². The summed E-state index contributed by atoms with van der Waals surface area (Å²) < 4.78 is 5.75. The minimum atomic E-state index is 0.0558. The van der Waals surface area contributed by atoms with E-state index in [2.05, 4.69) is 4.90 Å². The van der Waals surface area contributed by atoms with Gasteiger partial charge < -0.3 is 9.64 Å². The first-order valence-corrected chi connectivity index (χ1v) is 9.92. The van der Waals surface area contributed by atoms with Crippen molar-refractivity contribution in [3.05, 3.63) is 64.7 Å². The van der Waals surface area contributed by atoms with Crippen molar-refractivity contribution in [1.29, 1.82) is 0 Å². The Hall–Kier alpha value is -2.37. The molecule has 1 heterocycles. The average molecular weight is 401 g/mol. The van der Waals surface area contributed by atoms with Crippen LogP contribution in [0, 0.1) is 0 Å². The van der Waals surface area contributed by atoms with Crippen molar-refractivity contribution in [2.45, 2.75) is 13.3 Å². The molecule has 148 valence electrons. The largest absolute Gasteiger partial charge is 0.494 e. The van der Waals surface area contributed by atoms with Gasteiger partial charge in [0.25, 0.3) is 5.91 Å². The van der Waals surface area contributed by atoms with E-state index in [0.29, 0.717) is 22.8 Å². The van der Waals surface area contributed by atoms with Crippen LogP contribution in [0.2, 0.25) is 5.02 Å². The van der Waals surface area contributed by atoms with E-state index in [4.69, 9.17) is 16.3 Å². The first kappa shape index (κ1) is 20.4. The molecule has 1 amide bonds. The molecule has 6 heteroatoms. The quantitative estimate of drug-likeness (QED) is 0.524. The molecule has 2 aromatic rings. The molecule has 3 rings (SSSR count). The maximum Gasteiger partial charge on any atom is 0.253 e. The molecule has 0 bridgehead atoms. The van der Waals surface area contributed by atoms with Crippen molar-refractivity contribution in [2.24, 2.45) is 0 Å². The number of carbonyl (C=O) groups excluding carboxylic acids is 2.